The molecule has 1 amide bonds. The van der Waals surface area contributed by atoms with Crippen LogP contribution in [0.2, 0.25) is 0 Å². The zero-order valence-corrected chi connectivity index (χ0v) is 12.3. The molecule has 0 aliphatic carbocycles. The number of rotatable bonds is 5. The highest BCUT2D eigenvalue weighted by Crippen LogP contribution is 2.18. The number of aliphatic hydroxyl groups excluding tert-OH is 1. The number of aromatic amines is 1. The quantitative estimate of drug-likeness (QED) is 0.677. The fourth-order valence-corrected chi connectivity index (χ4v) is 2.45. The molecule has 0 aliphatic heterocycles. The first-order valence-corrected chi connectivity index (χ1v) is 7.29. The van der Waals surface area contributed by atoms with Crippen molar-refractivity contribution in [2.24, 2.45) is 0 Å². The zero-order chi connectivity index (χ0) is 16.2. The van der Waals surface area contributed by atoms with E-state index >= 15 is 0 Å². The molecule has 2 aromatic carbocycles. The van der Waals surface area contributed by atoms with Gasteiger partial charge >= 0.3 is 0 Å². The fourth-order valence-electron chi connectivity index (χ4n) is 2.45. The number of nitrogens with one attached hydrogen (secondary N) is 2. The van der Waals surface area contributed by atoms with E-state index in [4.69, 9.17) is 0 Å². The first-order valence-electron chi connectivity index (χ1n) is 7.29. The summed E-state index contributed by atoms with van der Waals surface area (Å²) in [5.41, 5.74) is 1.87. The zero-order valence-electron chi connectivity index (χ0n) is 12.3. The van der Waals surface area contributed by atoms with Gasteiger partial charge < -0.3 is 15.4 Å². The molecule has 3 aromatic rings. The molecule has 0 aliphatic rings. The van der Waals surface area contributed by atoms with E-state index in [1.165, 1.54) is 12.4 Å². The highest BCUT2D eigenvalue weighted by molar-refractivity contribution is 6.04. The van der Waals surface area contributed by atoms with Crippen LogP contribution < -0.4 is 5.32 Å². The Balaban J connectivity index is 1.64. The number of halogens is 1. The van der Waals surface area contributed by atoms with Crippen LogP contribution in [0.3, 0.4) is 0 Å². The molecule has 23 heavy (non-hydrogen) atoms. The van der Waals surface area contributed by atoms with Gasteiger partial charge in [0.2, 0.25) is 0 Å². The van der Waals surface area contributed by atoms with Crippen LogP contribution in [0.25, 0.3) is 11.0 Å². The van der Waals surface area contributed by atoms with Gasteiger partial charge in [-0.1, -0.05) is 30.3 Å². The number of hydrogen-bond donors (Lipinski definition) is 3. The maximum atomic E-state index is 13.5. The van der Waals surface area contributed by atoms with E-state index in [9.17, 15) is 14.3 Å². The molecule has 3 N–H and O–H groups in total. The molecule has 1 aromatic heterocycles. The number of aromatic nitrogens is 2. The largest absolute Gasteiger partial charge is 0.388 e. The number of fused-ring (bicyclic) bond motifs is 1. The van der Waals surface area contributed by atoms with E-state index in [0.29, 0.717) is 17.5 Å². The minimum atomic E-state index is -0.658. The van der Waals surface area contributed by atoms with Gasteiger partial charge in [-0.3, -0.25) is 4.79 Å². The summed E-state index contributed by atoms with van der Waals surface area (Å²) in [5.74, 6) is -0.918. The first kappa shape index (κ1) is 15.2. The third kappa shape index (κ3) is 3.37. The topological polar surface area (TPSA) is 78.0 Å². The standard InChI is InChI=1S/C17H16FN3O2/c18-12-8-13(16-14(9-12)20-10-21-16)17(23)19-7-6-15(22)11-4-2-1-3-5-11/h1-5,8-10,15,22H,6-7H2,(H,19,23)(H,20,21). The maximum absolute atomic E-state index is 13.5. The number of benzene rings is 2. The second-order valence-electron chi connectivity index (χ2n) is 5.22. The first-order chi connectivity index (χ1) is 11.1. The summed E-state index contributed by atoms with van der Waals surface area (Å²) in [6, 6.07) is 11.7. The lowest BCUT2D eigenvalue weighted by Crippen LogP contribution is -2.26. The normalized spacial score (nSPS) is 12.3. The van der Waals surface area contributed by atoms with Crippen LogP contribution in [0, 0.1) is 5.82 Å². The molecular formula is C17H16FN3O2. The molecule has 0 saturated heterocycles. The SMILES string of the molecule is O=C(NCCC(O)c1ccccc1)c1cc(F)cc2[nH]cnc12. The molecule has 1 heterocycles. The summed E-state index contributed by atoms with van der Waals surface area (Å²) in [4.78, 5) is 19.0. The molecule has 0 bridgehead atoms. The summed E-state index contributed by atoms with van der Waals surface area (Å²) in [7, 11) is 0. The van der Waals surface area contributed by atoms with Crippen molar-refractivity contribution in [1.29, 1.82) is 0 Å². The van der Waals surface area contributed by atoms with E-state index in [1.54, 1.807) is 0 Å². The Morgan fingerprint density at radius 2 is 2.09 bits per heavy atom. The van der Waals surface area contributed by atoms with Crippen molar-refractivity contribution in [2.75, 3.05) is 6.54 Å². The van der Waals surface area contributed by atoms with Crippen LogP contribution >= 0.6 is 0 Å². The average molecular weight is 313 g/mol. The second kappa shape index (κ2) is 6.58. The van der Waals surface area contributed by atoms with Crippen molar-refractivity contribution in [1.82, 2.24) is 15.3 Å². The Kier molecular flexibility index (Phi) is 4.34. The van der Waals surface area contributed by atoms with Gasteiger partial charge in [0, 0.05) is 6.54 Å². The number of imidazole rings is 1. The van der Waals surface area contributed by atoms with Gasteiger partial charge in [-0.2, -0.15) is 0 Å². The van der Waals surface area contributed by atoms with E-state index < -0.39 is 17.8 Å². The van der Waals surface area contributed by atoms with Crippen molar-refractivity contribution in [3.05, 3.63) is 65.7 Å². The maximum Gasteiger partial charge on any atom is 0.253 e. The van der Waals surface area contributed by atoms with Crippen LogP contribution in [-0.2, 0) is 0 Å². The summed E-state index contributed by atoms with van der Waals surface area (Å²) in [6.07, 6.45) is 1.13. The molecule has 1 unspecified atom stereocenters. The predicted molar refractivity (Wildman–Crippen MR) is 84.4 cm³/mol. The minimum Gasteiger partial charge on any atom is -0.388 e. The predicted octanol–water partition coefficient (Wildman–Crippen LogP) is 2.56. The number of carbonyl (C=O) groups is 1. The van der Waals surface area contributed by atoms with Crippen molar-refractivity contribution in [3.63, 3.8) is 0 Å². The Hall–Kier alpha value is -2.73. The minimum absolute atomic E-state index is 0.176. The van der Waals surface area contributed by atoms with E-state index in [-0.39, 0.29) is 12.1 Å². The van der Waals surface area contributed by atoms with Gasteiger partial charge in [0.1, 0.15) is 11.3 Å². The van der Waals surface area contributed by atoms with Gasteiger partial charge in [-0.05, 0) is 24.1 Å². The monoisotopic (exact) mass is 313 g/mol. The van der Waals surface area contributed by atoms with E-state index in [0.717, 1.165) is 11.6 Å². The van der Waals surface area contributed by atoms with Crippen LogP contribution in [0.4, 0.5) is 4.39 Å². The molecular weight excluding hydrogens is 297 g/mol. The lowest BCUT2D eigenvalue weighted by Gasteiger charge is -2.11. The van der Waals surface area contributed by atoms with Gasteiger partial charge in [0.25, 0.3) is 5.91 Å². The summed E-state index contributed by atoms with van der Waals surface area (Å²) in [6.45, 7) is 0.275. The van der Waals surface area contributed by atoms with E-state index in [2.05, 4.69) is 15.3 Å². The number of aliphatic hydroxyl groups is 1. The molecule has 1 atom stereocenters. The van der Waals surface area contributed by atoms with Crippen LogP contribution in [0.5, 0.6) is 0 Å². The Morgan fingerprint density at radius 3 is 2.87 bits per heavy atom. The highest BCUT2D eigenvalue weighted by Gasteiger charge is 2.14. The van der Waals surface area contributed by atoms with E-state index in [1.807, 2.05) is 30.3 Å². The summed E-state index contributed by atoms with van der Waals surface area (Å²) >= 11 is 0. The van der Waals surface area contributed by atoms with Crippen molar-refractivity contribution in [3.8, 4) is 0 Å². The second-order valence-corrected chi connectivity index (χ2v) is 5.22. The molecule has 0 spiro atoms. The Morgan fingerprint density at radius 1 is 1.30 bits per heavy atom. The molecule has 5 nitrogen and oxygen atoms in total. The fraction of sp³-hybridized carbons (Fsp3) is 0.176. The van der Waals surface area contributed by atoms with Gasteiger partial charge in [0.05, 0.1) is 23.5 Å². The molecule has 0 fully saturated rings. The van der Waals surface area contributed by atoms with Gasteiger partial charge in [-0.25, -0.2) is 9.37 Å². The van der Waals surface area contributed by atoms with Crippen molar-refractivity contribution in [2.45, 2.75) is 12.5 Å². The lowest BCUT2D eigenvalue weighted by molar-refractivity contribution is 0.0943. The smallest absolute Gasteiger partial charge is 0.253 e. The number of nitrogens with zero attached hydrogens (tertiary/aromatic N) is 1. The van der Waals surface area contributed by atoms with Crippen LogP contribution in [0.1, 0.15) is 28.4 Å². The lowest BCUT2D eigenvalue weighted by atomic mass is 10.1. The highest BCUT2D eigenvalue weighted by atomic mass is 19.1. The Labute approximate surface area is 132 Å². The van der Waals surface area contributed by atoms with Gasteiger partial charge in [0.15, 0.2) is 0 Å². The Bertz CT molecular complexity index is 817. The van der Waals surface area contributed by atoms with Crippen molar-refractivity contribution >= 4 is 16.9 Å². The molecule has 0 saturated carbocycles. The van der Waals surface area contributed by atoms with Crippen LogP contribution in [-0.4, -0.2) is 27.5 Å². The molecule has 118 valence electrons. The third-order valence-electron chi connectivity index (χ3n) is 3.62. The number of H-pyrrole nitrogens is 1. The van der Waals surface area contributed by atoms with Crippen LogP contribution in [0.15, 0.2) is 48.8 Å². The average Bonchev–Trinajstić information content (AvgIpc) is 3.02. The molecule has 3 rings (SSSR count). The third-order valence-corrected chi connectivity index (χ3v) is 3.62. The molecule has 6 heteroatoms. The summed E-state index contributed by atoms with van der Waals surface area (Å²) in [5, 5.41) is 12.7. The number of hydrogen-bond acceptors (Lipinski definition) is 3. The summed E-state index contributed by atoms with van der Waals surface area (Å²) < 4.78 is 13.5. The number of carbonyl (C=O) groups excluding carboxylic acids is 1. The number of amides is 1. The van der Waals surface area contributed by atoms with Crippen molar-refractivity contribution < 1.29 is 14.3 Å². The molecule has 0 radical (unpaired) electrons. The van der Waals surface area contributed by atoms with Gasteiger partial charge in [-0.15, -0.1) is 0 Å².